The highest BCUT2D eigenvalue weighted by Crippen LogP contribution is 2.26. The molecule has 2 unspecified atom stereocenters. The first-order valence-electron chi connectivity index (χ1n) is 6.46. The molecule has 104 valence electrons. The first-order valence-corrected chi connectivity index (χ1v) is 8.19. The SMILES string of the molecule is CC(CCS(C)=O)Nc1c(C#N)cnc2ccccc12. The van der Waals surface area contributed by atoms with Crippen molar-refractivity contribution in [3.8, 4) is 6.07 Å². The van der Waals surface area contributed by atoms with E-state index in [4.69, 9.17) is 0 Å². The summed E-state index contributed by atoms with van der Waals surface area (Å²) in [7, 11) is -0.796. The summed E-state index contributed by atoms with van der Waals surface area (Å²) in [6, 6.07) is 10.1. The van der Waals surface area contributed by atoms with Crippen LogP contribution in [-0.4, -0.2) is 27.2 Å². The molecule has 1 heterocycles. The number of anilines is 1. The summed E-state index contributed by atoms with van der Waals surface area (Å²) in [5, 5.41) is 13.5. The van der Waals surface area contributed by atoms with E-state index in [9.17, 15) is 9.47 Å². The number of para-hydroxylation sites is 1. The average Bonchev–Trinajstić information content (AvgIpc) is 2.45. The molecule has 2 rings (SSSR count). The number of hydrogen-bond donors (Lipinski definition) is 1. The molecule has 1 aromatic carbocycles. The second kappa shape index (κ2) is 6.49. The molecule has 0 amide bonds. The van der Waals surface area contributed by atoms with Gasteiger partial charge in [0.05, 0.1) is 16.8 Å². The summed E-state index contributed by atoms with van der Waals surface area (Å²) in [5.41, 5.74) is 2.21. The molecule has 1 N–H and O–H groups in total. The van der Waals surface area contributed by atoms with Crippen molar-refractivity contribution >= 4 is 27.4 Å². The largest absolute Gasteiger partial charge is 0.381 e. The molecule has 0 fully saturated rings. The van der Waals surface area contributed by atoms with Crippen LogP contribution in [0.1, 0.15) is 18.9 Å². The minimum atomic E-state index is -0.796. The van der Waals surface area contributed by atoms with Crippen LogP contribution in [0.4, 0.5) is 5.69 Å². The molecule has 2 aromatic rings. The van der Waals surface area contributed by atoms with Crippen molar-refractivity contribution in [3.05, 3.63) is 36.0 Å². The number of nitriles is 1. The maximum Gasteiger partial charge on any atom is 0.103 e. The summed E-state index contributed by atoms with van der Waals surface area (Å²) in [6.07, 6.45) is 4.09. The van der Waals surface area contributed by atoms with Gasteiger partial charge in [0, 0.05) is 40.4 Å². The van der Waals surface area contributed by atoms with Crippen LogP contribution in [0.3, 0.4) is 0 Å². The zero-order valence-corrected chi connectivity index (χ0v) is 12.4. The number of fused-ring (bicyclic) bond motifs is 1. The van der Waals surface area contributed by atoms with Gasteiger partial charge in [-0.3, -0.25) is 9.19 Å². The standard InChI is InChI=1S/C15H17N3OS/c1-11(7-8-20(2)19)18-15-12(9-16)10-17-14-6-4-3-5-13(14)15/h3-6,10-11H,7-8H2,1-2H3,(H,17,18). The molecule has 0 bridgehead atoms. The van der Waals surface area contributed by atoms with Gasteiger partial charge in [0.25, 0.3) is 0 Å². The summed E-state index contributed by atoms with van der Waals surface area (Å²) in [5.74, 6) is 0.652. The highest BCUT2D eigenvalue weighted by atomic mass is 32.2. The normalized spacial score (nSPS) is 13.7. The minimum Gasteiger partial charge on any atom is -0.381 e. The predicted molar refractivity (Wildman–Crippen MR) is 83.1 cm³/mol. The van der Waals surface area contributed by atoms with Crippen LogP contribution in [-0.2, 0) is 10.8 Å². The third kappa shape index (κ3) is 3.34. The summed E-state index contributed by atoms with van der Waals surface area (Å²) in [6.45, 7) is 2.03. The fraction of sp³-hybridized carbons (Fsp3) is 0.333. The van der Waals surface area contributed by atoms with Crippen molar-refractivity contribution in [1.29, 1.82) is 5.26 Å². The van der Waals surface area contributed by atoms with Gasteiger partial charge in [0.2, 0.25) is 0 Å². The van der Waals surface area contributed by atoms with Crippen LogP contribution in [0.5, 0.6) is 0 Å². The molecular weight excluding hydrogens is 270 g/mol. The van der Waals surface area contributed by atoms with E-state index in [2.05, 4.69) is 16.4 Å². The van der Waals surface area contributed by atoms with Gasteiger partial charge in [0.15, 0.2) is 0 Å². The second-order valence-electron chi connectivity index (χ2n) is 4.79. The van der Waals surface area contributed by atoms with Crippen LogP contribution in [0.15, 0.2) is 30.5 Å². The summed E-state index contributed by atoms with van der Waals surface area (Å²) < 4.78 is 11.2. The van der Waals surface area contributed by atoms with E-state index in [1.54, 1.807) is 12.5 Å². The Morgan fingerprint density at radius 2 is 2.20 bits per heavy atom. The van der Waals surface area contributed by atoms with Crippen LogP contribution < -0.4 is 5.32 Å². The molecule has 20 heavy (non-hydrogen) atoms. The fourth-order valence-corrected chi connectivity index (χ4v) is 2.73. The van der Waals surface area contributed by atoms with Gasteiger partial charge in [0.1, 0.15) is 6.07 Å². The first-order chi connectivity index (χ1) is 9.61. The highest BCUT2D eigenvalue weighted by Gasteiger charge is 2.11. The molecule has 5 heteroatoms. The fourth-order valence-electron chi connectivity index (χ4n) is 2.04. The van der Waals surface area contributed by atoms with Crippen molar-refractivity contribution in [2.75, 3.05) is 17.3 Å². The Balaban J connectivity index is 2.32. The van der Waals surface area contributed by atoms with Gasteiger partial charge in [-0.1, -0.05) is 18.2 Å². The van der Waals surface area contributed by atoms with E-state index in [-0.39, 0.29) is 6.04 Å². The Morgan fingerprint density at radius 1 is 1.45 bits per heavy atom. The number of hydrogen-bond acceptors (Lipinski definition) is 4. The zero-order chi connectivity index (χ0) is 14.5. The van der Waals surface area contributed by atoms with E-state index in [1.807, 2.05) is 31.2 Å². The Hall–Kier alpha value is -1.93. The maximum absolute atomic E-state index is 11.2. The van der Waals surface area contributed by atoms with Crippen LogP contribution in [0, 0.1) is 11.3 Å². The maximum atomic E-state index is 11.2. The smallest absolute Gasteiger partial charge is 0.103 e. The van der Waals surface area contributed by atoms with Crippen molar-refractivity contribution in [2.24, 2.45) is 0 Å². The minimum absolute atomic E-state index is 0.150. The lowest BCUT2D eigenvalue weighted by atomic mass is 10.1. The van der Waals surface area contributed by atoms with Gasteiger partial charge in [-0.05, 0) is 19.4 Å². The average molecular weight is 287 g/mol. The molecule has 0 saturated carbocycles. The van der Waals surface area contributed by atoms with Crippen molar-refractivity contribution < 1.29 is 4.21 Å². The van der Waals surface area contributed by atoms with Crippen molar-refractivity contribution in [3.63, 3.8) is 0 Å². The van der Waals surface area contributed by atoms with Gasteiger partial charge < -0.3 is 5.32 Å². The topological polar surface area (TPSA) is 65.8 Å². The van der Waals surface area contributed by atoms with E-state index in [0.717, 1.165) is 23.0 Å². The quantitative estimate of drug-likeness (QED) is 0.918. The monoisotopic (exact) mass is 287 g/mol. The molecule has 4 nitrogen and oxygen atoms in total. The second-order valence-corrected chi connectivity index (χ2v) is 6.34. The van der Waals surface area contributed by atoms with E-state index in [0.29, 0.717) is 11.3 Å². The number of aromatic nitrogens is 1. The third-order valence-electron chi connectivity index (χ3n) is 3.12. The van der Waals surface area contributed by atoms with E-state index >= 15 is 0 Å². The molecule has 1 aromatic heterocycles. The van der Waals surface area contributed by atoms with Crippen molar-refractivity contribution in [2.45, 2.75) is 19.4 Å². The van der Waals surface area contributed by atoms with Crippen molar-refractivity contribution in [1.82, 2.24) is 4.98 Å². The molecule has 2 atom stereocenters. The number of rotatable bonds is 5. The van der Waals surface area contributed by atoms with Gasteiger partial charge in [-0.25, -0.2) is 0 Å². The number of nitrogens with one attached hydrogen (secondary N) is 1. The number of pyridine rings is 1. The van der Waals surface area contributed by atoms with Crippen LogP contribution >= 0.6 is 0 Å². The molecule has 0 saturated heterocycles. The Bertz CT molecular complexity index is 678. The molecule has 0 radical (unpaired) electrons. The summed E-state index contributed by atoms with van der Waals surface area (Å²) in [4.78, 5) is 4.28. The summed E-state index contributed by atoms with van der Waals surface area (Å²) >= 11 is 0. The highest BCUT2D eigenvalue weighted by molar-refractivity contribution is 7.84. The predicted octanol–water partition coefficient (Wildman–Crippen LogP) is 2.68. The molecular formula is C15H17N3OS. The van der Waals surface area contributed by atoms with E-state index < -0.39 is 10.8 Å². The third-order valence-corrected chi connectivity index (χ3v) is 3.94. The number of nitrogens with zero attached hydrogens (tertiary/aromatic N) is 2. The van der Waals surface area contributed by atoms with Crippen LogP contribution in [0.2, 0.25) is 0 Å². The van der Waals surface area contributed by atoms with Crippen LogP contribution in [0.25, 0.3) is 10.9 Å². The van der Waals surface area contributed by atoms with Gasteiger partial charge in [-0.2, -0.15) is 5.26 Å². The lowest BCUT2D eigenvalue weighted by molar-refractivity contribution is 0.678. The van der Waals surface area contributed by atoms with Gasteiger partial charge in [-0.15, -0.1) is 0 Å². The molecule has 0 aliphatic rings. The molecule has 0 spiro atoms. The lowest BCUT2D eigenvalue weighted by Gasteiger charge is -2.17. The lowest BCUT2D eigenvalue weighted by Crippen LogP contribution is -2.19. The molecule has 0 aliphatic carbocycles. The Kier molecular flexibility index (Phi) is 4.70. The molecule has 0 aliphatic heterocycles. The van der Waals surface area contributed by atoms with E-state index in [1.165, 1.54) is 0 Å². The Morgan fingerprint density at radius 3 is 2.90 bits per heavy atom. The number of benzene rings is 1. The Labute approximate surface area is 121 Å². The first kappa shape index (κ1) is 14.5. The zero-order valence-electron chi connectivity index (χ0n) is 11.6. The van der Waals surface area contributed by atoms with Gasteiger partial charge >= 0.3 is 0 Å².